The van der Waals surface area contributed by atoms with E-state index < -0.39 is 11.7 Å². The van der Waals surface area contributed by atoms with Crippen molar-refractivity contribution in [3.63, 3.8) is 0 Å². The first-order chi connectivity index (χ1) is 15.3. The van der Waals surface area contributed by atoms with E-state index in [1.165, 1.54) is 19.1 Å². The second kappa shape index (κ2) is 7.43. The second-order valence-electron chi connectivity index (χ2n) is 8.45. The molecule has 9 heteroatoms. The SMILES string of the molecule is Cc1nc(-c2ccn[nH]2)c2c(n1)[C@@H]1CCC[C@H](C2)N1C(=O)c1cccc(C(F)(F)F)c1C. The summed E-state index contributed by atoms with van der Waals surface area (Å²) in [7, 11) is 0. The summed E-state index contributed by atoms with van der Waals surface area (Å²) in [5.41, 5.74) is 2.63. The minimum Gasteiger partial charge on any atom is -0.327 e. The molecule has 0 radical (unpaired) electrons. The molecule has 0 aliphatic carbocycles. The lowest BCUT2D eigenvalue weighted by molar-refractivity contribution is -0.138. The van der Waals surface area contributed by atoms with Crippen molar-refractivity contribution < 1.29 is 18.0 Å². The molecule has 2 aliphatic heterocycles. The highest BCUT2D eigenvalue weighted by Crippen LogP contribution is 2.44. The molecule has 6 nitrogen and oxygen atoms in total. The first-order valence-corrected chi connectivity index (χ1v) is 10.6. The van der Waals surface area contributed by atoms with Crippen LogP contribution in [0.5, 0.6) is 0 Å². The van der Waals surface area contributed by atoms with Crippen molar-refractivity contribution in [2.24, 2.45) is 0 Å². The van der Waals surface area contributed by atoms with Crippen molar-refractivity contribution in [1.82, 2.24) is 25.1 Å². The highest BCUT2D eigenvalue weighted by molar-refractivity contribution is 5.96. The van der Waals surface area contributed by atoms with Gasteiger partial charge in [0.05, 0.1) is 28.7 Å². The number of benzene rings is 1. The Morgan fingerprint density at radius 3 is 2.69 bits per heavy atom. The number of aromatic nitrogens is 4. The largest absolute Gasteiger partial charge is 0.416 e. The molecule has 0 saturated carbocycles. The standard InChI is InChI=1S/C23H22F3N5O/c1-12-15(6-4-7-17(12)23(24,25)26)22(32)31-14-5-3-8-19(31)21-16(11-14)20(28-13(2)29-21)18-9-10-27-30-18/h4,6-7,9-10,14,19H,3,5,8,11H2,1-2H3,(H,27,30)/t14-,19+/m1/s1. The highest BCUT2D eigenvalue weighted by atomic mass is 19.4. The molecule has 2 bridgehead atoms. The van der Waals surface area contributed by atoms with Gasteiger partial charge in [-0.3, -0.25) is 9.89 Å². The molecular weight excluding hydrogens is 419 g/mol. The van der Waals surface area contributed by atoms with Crippen LogP contribution in [-0.4, -0.2) is 37.0 Å². The Morgan fingerprint density at radius 2 is 1.97 bits per heavy atom. The summed E-state index contributed by atoms with van der Waals surface area (Å²) in [5, 5.41) is 6.98. The highest BCUT2D eigenvalue weighted by Gasteiger charge is 2.43. The predicted octanol–water partition coefficient (Wildman–Crippen LogP) is 4.79. The van der Waals surface area contributed by atoms with Crippen LogP contribution in [0.15, 0.2) is 30.5 Å². The average Bonchev–Trinajstić information content (AvgIpc) is 3.27. The lowest BCUT2D eigenvalue weighted by Gasteiger charge is -2.46. The number of aryl methyl sites for hydroxylation is 1. The van der Waals surface area contributed by atoms with Gasteiger partial charge in [0.1, 0.15) is 5.82 Å². The molecule has 32 heavy (non-hydrogen) atoms. The van der Waals surface area contributed by atoms with Gasteiger partial charge >= 0.3 is 6.18 Å². The van der Waals surface area contributed by atoms with Crippen LogP contribution in [0.2, 0.25) is 0 Å². The van der Waals surface area contributed by atoms with E-state index in [9.17, 15) is 18.0 Å². The van der Waals surface area contributed by atoms with Crippen molar-refractivity contribution in [3.05, 3.63) is 64.2 Å². The monoisotopic (exact) mass is 441 g/mol. The number of carbonyl (C=O) groups excluding carboxylic acids is 1. The summed E-state index contributed by atoms with van der Waals surface area (Å²) >= 11 is 0. The maximum Gasteiger partial charge on any atom is 0.416 e. The second-order valence-corrected chi connectivity index (χ2v) is 8.45. The van der Waals surface area contributed by atoms with Crippen LogP contribution in [0, 0.1) is 13.8 Å². The molecular formula is C23H22F3N5O. The number of nitrogens with zero attached hydrogens (tertiary/aromatic N) is 4. The number of amides is 1. The van der Waals surface area contributed by atoms with Gasteiger partial charge in [0, 0.05) is 23.4 Å². The Hall–Kier alpha value is -3.23. The zero-order valence-electron chi connectivity index (χ0n) is 17.7. The van der Waals surface area contributed by atoms with Gasteiger partial charge in [0.15, 0.2) is 0 Å². The molecule has 2 atom stereocenters. The molecule has 1 fully saturated rings. The smallest absolute Gasteiger partial charge is 0.327 e. The van der Waals surface area contributed by atoms with Gasteiger partial charge in [0.2, 0.25) is 0 Å². The Bertz CT molecular complexity index is 1190. The van der Waals surface area contributed by atoms with Crippen LogP contribution in [0.3, 0.4) is 0 Å². The first-order valence-electron chi connectivity index (χ1n) is 10.6. The molecule has 1 saturated heterocycles. The van der Waals surface area contributed by atoms with E-state index in [-0.39, 0.29) is 29.1 Å². The van der Waals surface area contributed by atoms with Gasteiger partial charge in [0.25, 0.3) is 5.91 Å². The number of fused-ring (bicyclic) bond motifs is 4. The van der Waals surface area contributed by atoms with Crippen molar-refractivity contribution in [2.45, 2.75) is 57.8 Å². The van der Waals surface area contributed by atoms with E-state index >= 15 is 0 Å². The normalized spacial score (nSPS) is 20.2. The van der Waals surface area contributed by atoms with Crippen LogP contribution >= 0.6 is 0 Å². The maximum absolute atomic E-state index is 13.6. The molecule has 2 aromatic heterocycles. The summed E-state index contributed by atoms with van der Waals surface area (Å²) in [5.74, 6) is 0.216. The van der Waals surface area contributed by atoms with E-state index in [1.807, 2.05) is 6.07 Å². The molecule has 3 aromatic rings. The number of halogens is 3. The predicted molar refractivity (Wildman–Crippen MR) is 111 cm³/mol. The van der Waals surface area contributed by atoms with Gasteiger partial charge < -0.3 is 4.90 Å². The molecule has 166 valence electrons. The topological polar surface area (TPSA) is 74.8 Å². The number of H-pyrrole nitrogens is 1. The quantitative estimate of drug-likeness (QED) is 0.620. The van der Waals surface area contributed by atoms with E-state index in [4.69, 9.17) is 4.98 Å². The van der Waals surface area contributed by atoms with E-state index in [0.29, 0.717) is 18.7 Å². The van der Waals surface area contributed by atoms with Gasteiger partial charge in [-0.1, -0.05) is 6.07 Å². The number of carbonyl (C=O) groups is 1. The fraction of sp³-hybridized carbons (Fsp3) is 0.391. The van der Waals surface area contributed by atoms with Crippen LogP contribution in [0.1, 0.15) is 63.9 Å². The third-order valence-corrected chi connectivity index (χ3v) is 6.51. The maximum atomic E-state index is 13.6. The first kappa shape index (κ1) is 20.7. The number of rotatable bonds is 2. The summed E-state index contributed by atoms with van der Waals surface area (Å²) in [6.07, 6.45) is 0.151. The molecule has 0 unspecified atom stereocenters. The molecule has 1 amide bonds. The zero-order chi connectivity index (χ0) is 22.6. The van der Waals surface area contributed by atoms with E-state index in [2.05, 4.69) is 15.2 Å². The fourth-order valence-electron chi connectivity index (χ4n) is 5.11. The number of nitrogens with one attached hydrogen (secondary N) is 1. The number of piperidine rings is 1. The van der Waals surface area contributed by atoms with E-state index in [0.717, 1.165) is 41.6 Å². The Kier molecular flexibility index (Phi) is 4.79. The number of hydrogen-bond donors (Lipinski definition) is 1. The van der Waals surface area contributed by atoms with Gasteiger partial charge in [-0.05, 0) is 63.3 Å². The lowest BCUT2D eigenvalue weighted by Crippen LogP contribution is -2.50. The third kappa shape index (κ3) is 3.27. The summed E-state index contributed by atoms with van der Waals surface area (Å²) < 4.78 is 40.3. The third-order valence-electron chi connectivity index (χ3n) is 6.51. The minimum atomic E-state index is -4.51. The van der Waals surface area contributed by atoms with Crippen LogP contribution in [0.25, 0.3) is 11.4 Å². The molecule has 4 heterocycles. The minimum absolute atomic E-state index is 0.0362. The van der Waals surface area contributed by atoms with Crippen molar-refractivity contribution in [1.29, 1.82) is 0 Å². The van der Waals surface area contributed by atoms with Crippen molar-refractivity contribution in [3.8, 4) is 11.4 Å². The van der Waals surface area contributed by atoms with Gasteiger partial charge in [-0.15, -0.1) is 0 Å². The summed E-state index contributed by atoms with van der Waals surface area (Å²) in [4.78, 5) is 24.7. The molecule has 1 N–H and O–H groups in total. The number of hydrogen-bond acceptors (Lipinski definition) is 4. The number of alkyl halides is 3. The molecule has 0 spiro atoms. The van der Waals surface area contributed by atoms with Crippen molar-refractivity contribution in [2.75, 3.05) is 0 Å². The number of aromatic amines is 1. The molecule has 2 aliphatic rings. The molecule has 5 rings (SSSR count). The van der Waals surface area contributed by atoms with Crippen LogP contribution < -0.4 is 0 Å². The lowest BCUT2D eigenvalue weighted by atomic mass is 9.81. The Labute approximate surface area is 182 Å². The van der Waals surface area contributed by atoms with Crippen LogP contribution in [-0.2, 0) is 12.6 Å². The molecule has 1 aromatic carbocycles. The zero-order valence-corrected chi connectivity index (χ0v) is 17.7. The van der Waals surface area contributed by atoms with Gasteiger partial charge in [-0.2, -0.15) is 18.3 Å². The fourth-order valence-corrected chi connectivity index (χ4v) is 5.11. The van der Waals surface area contributed by atoms with Crippen molar-refractivity contribution >= 4 is 5.91 Å². The summed E-state index contributed by atoms with van der Waals surface area (Å²) in [6.45, 7) is 3.17. The Morgan fingerprint density at radius 1 is 1.16 bits per heavy atom. The van der Waals surface area contributed by atoms with Crippen LogP contribution in [0.4, 0.5) is 13.2 Å². The summed E-state index contributed by atoms with van der Waals surface area (Å²) in [6, 6.07) is 5.25. The Balaban J connectivity index is 1.60. The van der Waals surface area contributed by atoms with Gasteiger partial charge in [-0.25, -0.2) is 9.97 Å². The van der Waals surface area contributed by atoms with E-state index in [1.54, 1.807) is 18.0 Å². The average molecular weight is 441 g/mol.